The maximum Gasteiger partial charge on any atom is 0.407 e. The highest BCUT2D eigenvalue weighted by Crippen LogP contribution is 2.51. The third kappa shape index (κ3) is 12.9. The first-order valence-electron chi connectivity index (χ1n) is 23.4. The molecule has 2 aliphatic rings. The van der Waals surface area contributed by atoms with E-state index in [2.05, 4.69) is 153 Å². The molecular weight excluding hydrogens is 839 g/mol. The Balaban J connectivity index is 1.07. The number of alkyl carbamates (subject to hydrolysis) is 1. The van der Waals surface area contributed by atoms with Crippen LogP contribution in [0.2, 0.25) is 0 Å². The van der Waals surface area contributed by atoms with E-state index in [4.69, 9.17) is 18.9 Å². The van der Waals surface area contributed by atoms with Crippen molar-refractivity contribution in [2.24, 2.45) is 0 Å². The second-order valence-corrected chi connectivity index (χ2v) is 19.4. The second-order valence-electron chi connectivity index (χ2n) is 17.9. The van der Waals surface area contributed by atoms with Crippen molar-refractivity contribution in [1.82, 2.24) is 5.32 Å². The first kappa shape index (κ1) is 49.6. The van der Waals surface area contributed by atoms with E-state index in [-0.39, 0.29) is 16.6 Å². The average molecular weight is 908 g/mol. The predicted octanol–water partition coefficient (Wildman–Crippen LogP) is 10.2. The van der Waals surface area contributed by atoms with Crippen LogP contribution in [0.25, 0.3) is 21.5 Å². The van der Waals surface area contributed by atoms with Crippen molar-refractivity contribution in [3.8, 4) is 0 Å². The first-order valence-corrected chi connectivity index (χ1v) is 25.0. The standard InChI is InChI=1S/C53H69N3O8S/c1-6-33-61-36-38-63-39-37-62-35-30-54-51(57)64-34-18-8-7-16-31-55-45-28-26-41-20-12-14-22-43(41)49(45)52(2,3)47(55)24-10-9-11-25-48-53(4,5)50-44-23-15-13-21-42(44)27-29-46(50)56(48)32-17-19-40-65(58,59)60/h9-15,20-29H,6-8,16-19,30-40H2,1-5H3,(H-,54,57,58,59,60). The summed E-state index contributed by atoms with van der Waals surface area (Å²) >= 11 is 0. The van der Waals surface area contributed by atoms with Crippen LogP contribution in [-0.2, 0) is 39.9 Å². The van der Waals surface area contributed by atoms with E-state index in [1.165, 1.54) is 44.1 Å². The number of carbonyl (C=O) groups excluding carboxylic acids is 1. The lowest BCUT2D eigenvalue weighted by Gasteiger charge is -2.27. The van der Waals surface area contributed by atoms with Gasteiger partial charge in [0.1, 0.15) is 6.54 Å². The van der Waals surface area contributed by atoms with E-state index in [0.29, 0.717) is 65.6 Å². The fourth-order valence-corrected chi connectivity index (χ4v) is 9.87. The third-order valence-corrected chi connectivity index (χ3v) is 13.2. The molecule has 0 atom stereocenters. The molecule has 0 saturated heterocycles. The van der Waals surface area contributed by atoms with E-state index >= 15 is 0 Å². The summed E-state index contributed by atoms with van der Waals surface area (Å²) in [5.74, 6) is -0.356. The summed E-state index contributed by atoms with van der Waals surface area (Å²) in [4.78, 5) is 14.5. The molecule has 12 heteroatoms. The number of nitrogens with zero attached hydrogens (tertiary/aromatic N) is 2. The number of hydrogen-bond donors (Lipinski definition) is 1. The van der Waals surface area contributed by atoms with E-state index in [9.17, 15) is 17.8 Å². The Morgan fingerprint density at radius 1 is 0.708 bits per heavy atom. The molecule has 0 spiro atoms. The predicted molar refractivity (Wildman–Crippen MR) is 262 cm³/mol. The molecule has 2 aliphatic heterocycles. The number of allylic oxidation sites excluding steroid dienone is 6. The van der Waals surface area contributed by atoms with Crippen LogP contribution in [0.5, 0.6) is 0 Å². The molecule has 11 nitrogen and oxygen atoms in total. The van der Waals surface area contributed by atoms with Gasteiger partial charge in [-0.3, -0.25) is 0 Å². The lowest BCUT2D eigenvalue weighted by molar-refractivity contribution is -0.438. The number of carbonyl (C=O) groups is 1. The van der Waals surface area contributed by atoms with Gasteiger partial charge >= 0.3 is 6.09 Å². The molecule has 0 radical (unpaired) electrons. The number of benzene rings is 4. The number of amides is 1. The highest BCUT2D eigenvalue weighted by Gasteiger charge is 2.45. The maximum atomic E-state index is 12.2. The van der Waals surface area contributed by atoms with E-state index in [0.717, 1.165) is 56.6 Å². The number of anilines is 1. The normalized spacial score (nSPS) is 16.2. The second kappa shape index (κ2) is 23.6. The summed E-state index contributed by atoms with van der Waals surface area (Å²) in [5, 5.41) is 7.64. The summed E-state index contributed by atoms with van der Waals surface area (Å²) < 4.78 is 58.4. The molecule has 1 N–H and O–H groups in total. The van der Waals surface area contributed by atoms with Crippen LogP contribution in [0.4, 0.5) is 16.2 Å². The van der Waals surface area contributed by atoms with Crippen molar-refractivity contribution in [2.75, 3.05) is 76.5 Å². The minimum atomic E-state index is -4.27. The Morgan fingerprint density at radius 3 is 2.06 bits per heavy atom. The Bertz CT molecular complexity index is 2470. The molecule has 0 aliphatic carbocycles. The monoisotopic (exact) mass is 907 g/mol. The van der Waals surface area contributed by atoms with Gasteiger partial charge in [0.05, 0.1) is 55.2 Å². The Kier molecular flexibility index (Phi) is 18.0. The molecule has 0 fully saturated rings. The summed E-state index contributed by atoms with van der Waals surface area (Å²) in [6.45, 7) is 16.7. The Labute approximate surface area is 386 Å². The van der Waals surface area contributed by atoms with Crippen molar-refractivity contribution in [3.63, 3.8) is 0 Å². The van der Waals surface area contributed by atoms with Gasteiger partial charge in [-0.2, -0.15) is 4.58 Å². The molecule has 65 heavy (non-hydrogen) atoms. The molecule has 4 aromatic carbocycles. The number of ether oxygens (including phenoxy) is 4. The van der Waals surface area contributed by atoms with Crippen LogP contribution >= 0.6 is 0 Å². The van der Waals surface area contributed by atoms with Crippen LogP contribution in [0.15, 0.2) is 109 Å². The van der Waals surface area contributed by atoms with E-state index in [1.54, 1.807) is 0 Å². The topological polar surface area (TPSA) is 129 Å². The van der Waals surface area contributed by atoms with E-state index in [1.807, 2.05) is 0 Å². The molecule has 0 saturated carbocycles. The van der Waals surface area contributed by atoms with Crippen LogP contribution in [0.1, 0.15) is 90.7 Å². The van der Waals surface area contributed by atoms with E-state index < -0.39 is 16.2 Å². The van der Waals surface area contributed by atoms with Gasteiger partial charge in [0.15, 0.2) is 5.71 Å². The van der Waals surface area contributed by atoms with Crippen LogP contribution in [-0.4, -0.2) is 101 Å². The van der Waals surface area contributed by atoms with Crippen LogP contribution in [0, 0.1) is 0 Å². The van der Waals surface area contributed by atoms with Crippen molar-refractivity contribution >= 4 is 54.8 Å². The zero-order valence-electron chi connectivity index (χ0n) is 39.1. The molecule has 350 valence electrons. The molecule has 4 aromatic rings. The van der Waals surface area contributed by atoms with Crippen LogP contribution < -0.4 is 10.2 Å². The summed E-state index contributed by atoms with van der Waals surface area (Å²) in [5.41, 5.74) is 6.77. The molecule has 0 bridgehead atoms. The maximum absolute atomic E-state index is 12.2. The molecular formula is C53H69N3O8S. The zero-order chi connectivity index (χ0) is 46.3. The van der Waals surface area contributed by atoms with Crippen molar-refractivity contribution < 1.29 is 41.3 Å². The Morgan fingerprint density at radius 2 is 1.35 bits per heavy atom. The van der Waals surface area contributed by atoms with Gasteiger partial charge in [-0.15, -0.1) is 0 Å². The quantitative estimate of drug-likeness (QED) is 0.0283. The van der Waals surface area contributed by atoms with Gasteiger partial charge in [-0.25, -0.2) is 13.2 Å². The number of hydrogen-bond acceptors (Lipinski definition) is 9. The lowest BCUT2D eigenvalue weighted by atomic mass is 9.79. The van der Waals surface area contributed by atoms with Crippen molar-refractivity contribution in [3.05, 3.63) is 120 Å². The smallest absolute Gasteiger partial charge is 0.407 e. The summed E-state index contributed by atoms with van der Waals surface area (Å²) in [6, 6.07) is 25.9. The molecule has 1 amide bonds. The number of nitrogens with one attached hydrogen (secondary N) is 1. The minimum Gasteiger partial charge on any atom is -0.748 e. The average Bonchev–Trinajstić information content (AvgIpc) is 3.64. The molecule has 0 unspecified atom stereocenters. The summed E-state index contributed by atoms with van der Waals surface area (Å²) in [6.07, 6.45) is 16.0. The number of fused-ring (bicyclic) bond motifs is 6. The van der Waals surface area contributed by atoms with Crippen molar-refractivity contribution in [2.45, 2.75) is 90.4 Å². The molecule has 2 heterocycles. The highest BCUT2D eigenvalue weighted by molar-refractivity contribution is 7.85. The molecule has 6 rings (SSSR count). The van der Waals surface area contributed by atoms with Gasteiger partial charge in [0.25, 0.3) is 0 Å². The van der Waals surface area contributed by atoms with Gasteiger partial charge < -0.3 is 33.7 Å². The van der Waals surface area contributed by atoms with Gasteiger partial charge in [-0.05, 0) is 97.7 Å². The van der Waals surface area contributed by atoms with Gasteiger partial charge in [0, 0.05) is 66.4 Å². The Hall–Kier alpha value is -4.85. The number of unbranched alkanes of at least 4 members (excludes halogenated alkanes) is 4. The largest absolute Gasteiger partial charge is 0.748 e. The van der Waals surface area contributed by atoms with Crippen LogP contribution in [0.3, 0.4) is 0 Å². The molecule has 0 aromatic heterocycles. The number of rotatable bonds is 26. The zero-order valence-corrected chi connectivity index (χ0v) is 39.9. The first-order chi connectivity index (χ1) is 31.3. The minimum absolute atomic E-state index is 0.243. The fourth-order valence-electron chi connectivity index (χ4n) is 9.31. The SMILES string of the molecule is CCCOCCOCCOCCNC(=O)OCCCCCC[N+]1=C(C=CC=CC=C2N(CCCCS(=O)(=O)[O-])c3ccc4ccccc4c3C2(C)C)C(C)(C)c2c1ccc1ccccc21. The lowest BCUT2D eigenvalue weighted by Crippen LogP contribution is -2.28. The fraction of sp³-hybridized carbons (Fsp3) is 0.472. The highest BCUT2D eigenvalue weighted by atomic mass is 32.2. The van der Waals surface area contributed by atoms with Gasteiger partial charge in [0.2, 0.25) is 5.69 Å². The third-order valence-electron chi connectivity index (χ3n) is 12.4. The van der Waals surface area contributed by atoms with Gasteiger partial charge in [-0.1, -0.05) is 93.6 Å². The van der Waals surface area contributed by atoms with Crippen molar-refractivity contribution in [1.29, 1.82) is 0 Å². The summed E-state index contributed by atoms with van der Waals surface area (Å²) in [7, 11) is -4.27.